The second kappa shape index (κ2) is 7.72. The van der Waals surface area contributed by atoms with Gasteiger partial charge in [0.2, 0.25) is 0 Å². The van der Waals surface area contributed by atoms with E-state index in [1.54, 1.807) is 13.2 Å². The van der Waals surface area contributed by atoms with Crippen molar-refractivity contribution in [1.29, 1.82) is 0 Å². The van der Waals surface area contributed by atoms with Gasteiger partial charge in [-0.05, 0) is 70.8 Å². The highest BCUT2D eigenvalue weighted by Crippen LogP contribution is 2.24. The van der Waals surface area contributed by atoms with Crippen LogP contribution in [0.3, 0.4) is 0 Å². The third kappa shape index (κ3) is 4.39. The van der Waals surface area contributed by atoms with E-state index in [2.05, 4.69) is 28.0 Å². The number of hydrogen-bond acceptors (Lipinski definition) is 3. The number of halogens is 2. The maximum Gasteiger partial charge on any atom is 0.124 e. The number of hydrogen-bond donors (Lipinski definition) is 2. The van der Waals surface area contributed by atoms with Crippen LogP contribution in [-0.2, 0) is 6.42 Å². The van der Waals surface area contributed by atoms with Gasteiger partial charge in [0.05, 0.1) is 7.11 Å². The lowest BCUT2D eigenvalue weighted by Crippen LogP contribution is -2.29. The summed E-state index contributed by atoms with van der Waals surface area (Å²) in [6, 6.07) is 12.8. The average molecular weight is 400 g/mol. The van der Waals surface area contributed by atoms with E-state index in [9.17, 15) is 4.39 Å². The monoisotopic (exact) mass is 400 g/mol. The Labute approximate surface area is 137 Å². The van der Waals surface area contributed by atoms with Crippen LogP contribution in [0, 0.1) is 9.39 Å². The Bertz CT molecular complexity index is 589. The number of nitrogens with one attached hydrogen (secondary N) is 1. The van der Waals surface area contributed by atoms with Gasteiger partial charge in [-0.15, -0.1) is 0 Å². The highest BCUT2D eigenvalue weighted by atomic mass is 127. The SMILES string of the molecule is COc1ccc(CCC(NN)c2ccc(F)cc2I)cc1. The Kier molecular flexibility index (Phi) is 5.96. The molecule has 0 fully saturated rings. The topological polar surface area (TPSA) is 47.3 Å². The lowest BCUT2D eigenvalue weighted by atomic mass is 9.99. The largest absolute Gasteiger partial charge is 0.497 e. The number of methoxy groups -OCH3 is 1. The maximum absolute atomic E-state index is 13.2. The summed E-state index contributed by atoms with van der Waals surface area (Å²) in [5.74, 6) is 6.27. The second-order valence-electron chi connectivity index (χ2n) is 4.77. The first-order chi connectivity index (χ1) is 10.1. The van der Waals surface area contributed by atoms with Gasteiger partial charge >= 0.3 is 0 Å². The van der Waals surface area contributed by atoms with Crippen molar-refractivity contribution in [1.82, 2.24) is 5.43 Å². The van der Waals surface area contributed by atoms with Crippen molar-refractivity contribution in [2.75, 3.05) is 7.11 Å². The predicted octanol–water partition coefficient (Wildman–Crippen LogP) is 3.58. The summed E-state index contributed by atoms with van der Waals surface area (Å²) >= 11 is 2.14. The van der Waals surface area contributed by atoms with Gasteiger partial charge in [0, 0.05) is 9.61 Å². The van der Waals surface area contributed by atoms with Crippen molar-refractivity contribution in [2.45, 2.75) is 18.9 Å². The summed E-state index contributed by atoms with van der Waals surface area (Å²) in [6.45, 7) is 0. The normalized spacial score (nSPS) is 12.2. The van der Waals surface area contributed by atoms with Crippen molar-refractivity contribution in [2.24, 2.45) is 5.84 Å². The highest BCUT2D eigenvalue weighted by molar-refractivity contribution is 14.1. The molecule has 0 radical (unpaired) electrons. The number of ether oxygens (including phenoxy) is 1. The van der Waals surface area contributed by atoms with Gasteiger partial charge in [0.1, 0.15) is 11.6 Å². The minimum Gasteiger partial charge on any atom is -0.497 e. The fourth-order valence-electron chi connectivity index (χ4n) is 2.22. The molecule has 2 aromatic carbocycles. The first-order valence-corrected chi connectivity index (χ1v) is 7.76. The average Bonchev–Trinajstić information content (AvgIpc) is 2.50. The quantitative estimate of drug-likeness (QED) is 0.443. The van der Waals surface area contributed by atoms with Gasteiger partial charge in [-0.1, -0.05) is 18.2 Å². The molecule has 2 rings (SSSR count). The van der Waals surface area contributed by atoms with E-state index in [4.69, 9.17) is 10.6 Å². The Hall–Kier alpha value is -1.18. The van der Waals surface area contributed by atoms with Crippen molar-refractivity contribution in [3.05, 3.63) is 63.0 Å². The Balaban J connectivity index is 2.04. The number of benzene rings is 2. The maximum atomic E-state index is 13.2. The summed E-state index contributed by atoms with van der Waals surface area (Å²) in [4.78, 5) is 0. The molecule has 0 bridgehead atoms. The molecule has 21 heavy (non-hydrogen) atoms. The fraction of sp³-hybridized carbons (Fsp3) is 0.250. The summed E-state index contributed by atoms with van der Waals surface area (Å²) in [5.41, 5.74) is 5.06. The summed E-state index contributed by atoms with van der Waals surface area (Å²) in [7, 11) is 1.65. The lowest BCUT2D eigenvalue weighted by Gasteiger charge is -2.18. The molecule has 3 N–H and O–H groups in total. The molecule has 0 aromatic heterocycles. The van der Waals surface area contributed by atoms with E-state index in [1.807, 2.05) is 24.3 Å². The van der Waals surface area contributed by atoms with Crippen molar-refractivity contribution in [3.63, 3.8) is 0 Å². The van der Waals surface area contributed by atoms with E-state index in [0.717, 1.165) is 27.7 Å². The zero-order valence-corrected chi connectivity index (χ0v) is 13.9. The summed E-state index contributed by atoms with van der Waals surface area (Å²) in [6.07, 6.45) is 1.72. The number of aryl methyl sites for hydroxylation is 1. The van der Waals surface area contributed by atoms with Gasteiger partial charge in [-0.3, -0.25) is 11.3 Å². The molecular formula is C16H18FIN2O. The smallest absolute Gasteiger partial charge is 0.124 e. The van der Waals surface area contributed by atoms with E-state index < -0.39 is 0 Å². The Morgan fingerprint density at radius 2 is 1.95 bits per heavy atom. The standard InChI is InChI=1S/C16H18FIN2O/c1-21-13-6-2-11(3-7-13)4-9-16(20-19)14-8-5-12(17)10-15(14)18/h2-3,5-8,10,16,20H,4,9,19H2,1H3. The lowest BCUT2D eigenvalue weighted by molar-refractivity contribution is 0.414. The molecule has 0 amide bonds. The third-order valence-electron chi connectivity index (χ3n) is 3.42. The molecule has 112 valence electrons. The number of hydrazine groups is 1. The minimum absolute atomic E-state index is 0.000369. The minimum atomic E-state index is -0.228. The molecule has 0 spiro atoms. The van der Waals surface area contributed by atoms with Crippen LogP contribution in [0.4, 0.5) is 4.39 Å². The van der Waals surface area contributed by atoms with Crippen molar-refractivity contribution >= 4 is 22.6 Å². The molecule has 0 saturated carbocycles. The molecule has 1 unspecified atom stereocenters. The molecule has 1 atom stereocenters. The first-order valence-electron chi connectivity index (χ1n) is 6.68. The molecule has 0 aliphatic heterocycles. The molecule has 0 heterocycles. The van der Waals surface area contributed by atoms with Crippen LogP contribution in [0.15, 0.2) is 42.5 Å². The third-order valence-corrected chi connectivity index (χ3v) is 4.35. The van der Waals surface area contributed by atoms with Crippen molar-refractivity contribution in [3.8, 4) is 5.75 Å². The van der Waals surface area contributed by atoms with E-state index >= 15 is 0 Å². The van der Waals surface area contributed by atoms with Gasteiger partial charge in [-0.2, -0.15) is 0 Å². The summed E-state index contributed by atoms with van der Waals surface area (Å²) < 4.78 is 19.2. The van der Waals surface area contributed by atoms with Gasteiger partial charge in [-0.25, -0.2) is 4.39 Å². The van der Waals surface area contributed by atoms with Crippen molar-refractivity contribution < 1.29 is 9.13 Å². The van der Waals surface area contributed by atoms with Gasteiger partial charge < -0.3 is 4.74 Å². The molecule has 5 heteroatoms. The van der Waals surface area contributed by atoms with E-state index in [0.29, 0.717) is 0 Å². The Morgan fingerprint density at radius 3 is 2.52 bits per heavy atom. The van der Waals surface area contributed by atoms with Crippen LogP contribution < -0.4 is 16.0 Å². The molecular weight excluding hydrogens is 382 g/mol. The number of nitrogens with two attached hydrogens (primary N) is 1. The predicted molar refractivity (Wildman–Crippen MR) is 90.5 cm³/mol. The Morgan fingerprint density at radius 1 is 1.24 bits per heavy atom. The van der Waals surface area contributed by atoms with Crippen LogP contribution in [0.25, 0.3) is 0 Å². The van der Waals surface area contributed by atoms with E-state index in [-0.39, 0.29) is 11.9 Å². The zero-order valence-electron chi connectivity index (χ0n) is 11.8. The molecule has 0 aliphatic carbocycles. The van der Waals surface area contributed by atoms with Crippen LogP contribution >= 0.6 is 22.6 Å². The van der Waals surface area contributed by atoms with Crippen LogP contribution in [0.1, 0.15) is 23.6 Å². The second-order valence-corrected chi connectivity index (χ2v) is 5.93. The molecule has 2 aromatic rings. The van der Waals surface area contributed by atoms with Crippen LogP contribution in [-0.4, -0.2) is 7.11 Å². The van der Waals surface area contributed by atoms with Crippen LogP contribution in [0.2, 0.25) is 0 Å². The van der Waals surface area contributed by atoms with Crippen LogP contribution in [0.5, 0.6) is 5.75 Å². The zero-order chi connectivity index (χ0) is 15.2. The number of rotatable bonds is 6. The molecule has 0 saturated heterocycles. The van der Waals surface area contributed by atoms with E-state index in [1.165, 1.54) is 17.7 Å². The summed E-state index contributed by atoms with van der Waals surface area (Å²) in [5, 5.41) is 0. The van der Waals surface area contributed by atoms with Gasteiger partial charge in [0.15, 0.2) is 0 Å². The fourth-order valence-corrected chi connectivity index (χ4v) is 3.07. The first kappa shape index (κ1) is 16.2. The molecule has 0 aliphatic rings. The van der Waals surface area contributed by atoms with Gasteiger partial charge in [0.25, 0.3) is 0 Å². The highest BCUT2D eigenvalue weighted by Gasteiger charge is 2.13. The molecule has 3 nitrogen and oxygen atoms in total.